The van der Waals surface area contributed by atoms with E-state index in [0.717, 1.165) is 19.3 Å². The van der Waals surface area contributed by atoms with Gasteiger partial charge in [-0.15, -0.1) is 0 Å². The number of hydrogen-bond acceptors (Lipinski definition) is 7. The van der Waals surface area contributed by atoms with Crippen LogP contribution < -0.4 is 0 Å². The van der Waals surface area contributed by atoms with Gasteiger partial charge in [0.15, 0.2) is 30.1 Å². The summed E-state index contributed by atoms with van der Waals surface area (Å²) in [5.74, 6) is -1.81. The third-order valence-electron chi connectivity index (χ3n) is 5.18. The fourth-order valence-corrected chi connectivity index (χ4v) is 3.92. The molecule has 0 amide bonds. The fraction of sp³-hybridized carbons (Fsp3) is 0.857. The molecule has 3 aliphatic heterocycles. The number of carbonyl (C=O) groups excluding carboxylic acids is 1. The highest BCUT2D eigenvalue weighted by molar-refractivity contribution is 5.88. The van der Waals surface area contributed by atoms with Crippen molar-refractivity contribution >= 4 is 5.97 Å². The van der Waals surface area contributed by atoms with E-state index < -0.39 is 36.2 Å². The van der Waals surface area contributed by atoms with Crippen molar-refractivity contribution in [1.29, 1.82) is 0 Å². The Morgan fingerprint density at radius 3 is 2.43 bits per heavy atom. The second-order valence-corrected chi connectivity index (χ2v) is 8.55. The van der Waals surface area contributed by atoms with Gasteiger partial charge in [0.1, 0.15) is 12.2 Å². The molecule has 0 aliphatic carbocycles. The van der Waals surface area contributed by atoms with Gasteiger partial charge in [-0.2, -0.15) is 0 Å². The van der Waals surface area contributed by atoms with E-state index in [-0.39, 0.29) is 12.1 Å². The molecule has 3 saturated heterocycles. The Hall–Kier alpha value is -0.990. The molecule has 0 radical (unpaired) electrons. The summed E-state index contributed by atoms with van der Waals surface area (Å²) < 4.78 is 35.6. The number of allylic oxidation sites excluding steroid dienone is 1. The third kappa shape index (κ3) is 4.76. The number of fused-ring (bicyclic) bond motifs is 1. The van der Waals surface area contributed by atoms with Crippen LogP contribution in [-0.4, -0.2) is 54.9 Å². The Labute approximate surface area is 167 Å². The zero-order chi connectivity index (χ0) is 20.5. The van der Waals surface area contributed by atoms with Gasteiger partial charge in [-0.3, -0.25) is 0 Å². The summed E-state index contributed by atoms with van der Waals surface area (Å²) in [5.41, 5.74) is 0.702. The topological polar surface area (TPSA) is 72.5 Å². The lowest BCUT2D eigenvalue weighted by Gasteiger charge is -2.29. The maximum absolute atomic E-state index is 12.9. The smallest absolute Gasteiger partial charge is 0.334 e. The summed E-state index contributed by atoms with van der Waals surface area (Å²) in [6.45, 7) is 11.8. The van der Waals surface area contributed by atoms with Crippen LogP contribution in [0.25, 0.3) is 0 Å². The monoisotopic (exact) mass is 398 g/mol. The van der Waals surface area contributed by atoms with Gasteiger partial charge in [0.05, 0.1) is 6.61 Å². The molecule has 3 fully saturated rings. The van der Waals surface area contributed by atoms with Gasteiger partial charge in [0.25, 0.3) is 0 Å². The molecule has 0 unspecified atom stereocenters. The summed E-state index contributed by atoms with van der Waals surface area (Å²) in [7, 11) is 0. The van der Waals surface area contributed by atoms with Gasteiger partial charge in [0, 0.05) is 5.57 Å². The van der Waals surface area contributed by atoms with Crippen molar-refractivity contribution in [3.63, 3.8) is 0 Å². The van der Waals surface area contributed by atoms with Crippen molar-refractivity contribution in [3.8, 4) is 0 Å². The third-order valence-corrected chi connectivity index (χ3v) is 5.18. The van der Waals surface area contributed by atoms with Crippen molar-refractivity contribution in [2.45, 2.75) is 110 Å². The normalized spacial score (nSPS) is 36.5. The second kappa shape index (κ2) is 8.40. The summed E-state index contributed by atoms with van der Waals surface area (Å²) in [5, 5.41) is 0. The highest BCUT2D eigenvalue weighted by Crippen LogP contribution is 2.42. The molecule has 28 heavy (non-hydrogen) atoms. The van der Waals surface area contributed by atoms with Crippen LogP contribution >= 0.6 is 0 Å². The zero-order valence-corrected chi connectivity index (χ0v) is 17.9. The highest BCUT2D eigenvalue weighted by Gasteiger charge is 2.60. The van der Waals surface area contributed by atoms with E-state index in [9.17, 15) is 4.79 Å². The average Bonchev–Trinajstić information content (AvgIpc) is 3.21. The van der Waals surface area contributed by atoms with Gasteiger partial charge >= 0.3 is 5.97 Å². The molecule has 3 heterocycles. The molecule has 0 saturated carbocycles. The van der Waals surface area contributed by atoms with Gasteiger partial charge in [-0.25, -0.2) is 4.79 Å². The van der Waals surface area contributed by atoms with Crippen LogP contribution in [0.3, 0.4) is 0 Å². The first-order chi connectivity index (χ1) is 13.2. The van der Waals surface area contributed by atoms with E-state index in [1.807, 2.05) is 40.7 Å². The molecule has 0 spiro atoms. The Balaban J connectivity index is 1.76. The molecule has 0 N–H and O–H groups in total. The lowest BCUT2D eigenvalue weighted by molar-refractivity contribution is -0.234. The minimum Gasteiger partial charge on any atom is -0.453 e. The molecule has 7 heteroatoms. The van der Waals surface area contributed by atoms with Crippen LogP contribution in [0.1, 0.15) is 67.2 Å². The zero-order valence-electron chi connectivity index (χ0n) is 17.9. The van der Waals surface area contributed by atoms with Crippen LogP contribution in [0, 0.1) is 0 Å². The molecule has 3 aliphatic rings. The van der Waals surface area contributed by atoms with Gasteiger partial charge < -0.3 is 28.4 Å². The van der Waals surface area contributed by atoms with Crippen LogP contribution in [0.15, 0.2) is 11.6 Å². The van der Waals surface area contributed by atoms with E-state index >= 15 is 0 Å². The molecule has 0 aromatic heterocycles. The van der Waals surface area contributed by atoms with Crippen molar-refractivity contribution in [1.82, 2.24) is 0 Å². The summed E-state index contributed by atoms with van der Waals surface area (Å²) in [4.78, 5) is 12.9. The lowest BCUT2D eigenvalue weighted by Crippen LogP contribution is -2.45. The molecule has 3 rings (SSSR count). The largest absolute Gasteiger partial charge is 0.453 e. The molecular formula is C21H34O7. The van der Waals surface area contributed by atoms with Crippen molar-refractivity contribution in [2.75, 3.05) is 6.61 Å². The van der Waals surface area contributed by atoms with E-state index in [2.05, 4.69) is 6.92 Å². The number of unbranched alkanes of at least 4 members (excludes halogenated alkanes) is 1. The number of hydrogen-bond donors (Lipinski definition) is 0. The standard InChI is InChI=1S/C21H34O7/c1-7-9-11-13(10-8-2)18(22)24-16-15(14-12-23-20(3,4)26-14)25-19-17(16)27-21(5,6)28-19/h10,14-17,19H,7-9,11-12H2,1-6H3/b13-10+/t14-,15-,16+,17-,19-/m1/s1. The van der Waals surface area contributed by atoms with Gasteiger partial charge in [-0.1, -0.05) is 26.3 Å². The number of esters is 1. The first kappa shape index (κ1) is 21.7. The molecule has 0 aromatic rings. The fourth-order valence-electron chi connectivity index (χ4n) is 3.92. The van der Waals surface area contributed by atoms with E-state index in [1.54, 1.807) is 0 Å². The molecule has 160 valence electrons. The van der Waals surface area contributed by atoms with Crippen LogP contribution in [0.4, 0.5) is 0 Å². The molecule has 0 aromatic carbocycles. The van der Waals surface area contributed by atoms with E-state index in [4.69, 9.17) is 28.4 Å². The maximum Gasteiger partial charge on any atom is 0.334 e. The van der Waals surface area contributed by atoms with E-state index in [1.165, 1.54) is 0 Å². The minimum atomic E-state index is -0.790. The van der Waals surface area contributed by atoms with Gasteiger partial charge in [0.2, 0.25) is 0 Å². The van der Waals surface area contributed by atoms with Crippen LogP contribution in [0.2, 0.25) is 0 Å². The Kier molecular flexibility index (Phi) is 6.51. The molecule has 7 nitrogen and oxygen atoms in total. The first-order valence-corrected chi connectivity index (χ1v) is 10.4. The van der Waals surface area contributed by atoms with E-state index in [0.29, 0.717) is 18.6 Å². The highest BCUT2D eigenvalue weighted by atomic mass is 16.8. The quantitative estimate of drug-likeness (QED) is 0.480. The SMILES string of the molecule is CC/C=C(\CCCC)C(=O)O[C@@H]1[C@H]2OC(C)(C)O[C@H]2O[C@@H]1[C@H]1COC(C)(C)O1. The lowest BCUT2D eigenvalue weighted by atomic mass is 10.0. The van der Waals surface area contributed by atoms with Crippen molar-refractivity contribution in [3.05, 3.63) is 11.6 Å². The maximum atomic E-state index is 12.9. The Morgan fingerprint density at radius 1 is 1.07 bits per heavy atom. The molecule has 0 bridgehead atoms. The Bertz CT molecular complexity index is 598. The predicted molar refractivity (Wildman–Crippen MR) is 101 cm³/mol. The average molecular weight is 398 g/mol. The number of ether oxygens (including phenoxy) is 6. The van der Waals surface area contributed by atoms with Crippen LogP contribution in [0.5, 0.6) is 0 Å². The minimum absolute atomic E-state index is 0.318. The second-order valence-electron chi connectivity index (χ2n) is 8.55. The van der Waals surface area contributed by atoms with Gasteiger partial charge in [-0.05, 0) is 47.0 Å². The number of rotatable bonds is 7. The van der Waals surface area contributed by atoms with Crippen molar-refractivity contribution < 1.29 is 33.2 Å². The summed E-state index contributed by atoms with van der Waals surface area (Å²) in [6.07, 6.45) is 2.80. The Morgan fingerprint density at radius 2 is 1.82 bits per heavy atom. The summed E-state index contributed by atoms with van der Waals surface area (Å²) in [6, 6.07) is 0. The number of carbonyl (C=O) groups is 1. The molecule has 5 atom stereocenters. The van der Waals surface area contributed by atoms with Crippen molar-refractivity contribution in [2.24, 2.45) is 0 Å². The molecular weight excluding hydrogens is 364 g/mol. The summed E-state index contributed by atoms with van der Waals surface area (Å²) >= 11 is 0. The predicted octanol–water partition coefficient (Wildman–Crippen LogP) is 3.45. The first-order valence-electron chi connectivity index (χ1n) is 10.4. The van der Waals surface area contributed by atoms with Crippen LogP contribution in [-0.2, 0) is 33.2 Å².